The summed E-state index contributed by atoms with van der Waals surface area (Å²) >= 11 is 0. The quantitative estimate of drug-likeness (QED) is 0.590. The molecule has 0 spiro atoms. The fourth-order valence-electron chi connectivity index (χ4n) is 3.69. The SMILES string of the molecule is CC1(c2ccc(CNC(=O)[C@@H]3CCC[C@@H]3CN)cc2)NC(=O)NC1=O. The van der Waals surface area contributed by atoms with E-state index < -0.39 is 11.6 Å². The number of amides is 4. The highest BCUT2D eigenvalue weighted by Crippen LogP contribution is 2.31. The summed E-state index contributed by atoms with van der Waals surface area (Å²) in [5, 5.41) is 7.85. The molecule has 1 saturated heterocycles. The molecule has 1 saturated carbocycles. The van der Waals surface area contributed by atoms with Crippen LogP contribution in [0.2, 0.25) is 0 Å². The molecule has 0 radical (unpaired) electrons. The van der Waals surface area contributed by atoms with Gasteiger partial charge in [0, 0.05) is 12.5 Å². The fourth-order valence-corrected chi connectivity index (χ4v) is 3.69. The summed E-state index contributed by atoms with van der Waals surface area (Å²) < 4.78 is 0. The van der Waals surface area contributed by atoms with Crippen molar-refractivity contribution in [2.24, 2.45) is 17.6 Å². The van der Waals surface area contributed by atoms with E-state index in [-0.39, 0.29) is 23.7 Å². The van der Waals surface area contributed by atoms with Gasteiger partial charge in [0.25, 0.3) is 5.91 Å². The molecule has 7 heteroatoms. The molecule has 25 heavy (non-hydrogen) atoms. The van der Waals surface area contributed by atoms with Gasteiger partial charge < -0.3 is 16.4 Å². The summed E-state index contributed by atoms with van der Waals surface area (Å²) in [6, 6.07) is 6.81. The number of carbonyl (C=O) groups is 3. The second-order valence-electron chi connectivity index (χ2n) is 6.98. The predicted molar refractivity (Wildman–Crippen MR) is 92.2 cm³/mol. The molecule has 7 nitrogen and oxygen atoms in total. The van der Waals surface area contributed by atoms with E-state index in [0.717, 1.165) is 24.8 Å². The predicted octanol–water partition coefficient (Wildman–Crippen LogP) is 0.732. The zero-order valence-electron chi connectivity index (χ0n) is 14.3. The van der Waals surface area contributed by atoms with Gasteiger partial charge in [0.05, 0.1) is 0 Å². The highest BCUT2D eigenvalue weighted by molar-refractivity contribution is 6.07. The molecule has 0 bridgehead atoms. The van der Waals surface area contributed by atoms with Crippen LogP contribution in [0.15, 0.2) is 24.3 Å². The standard InChI is InChI=1S/C18H24N4O3/c1-18(16(24)21-17(25)22-18)13-7-5-11(6-8-13)10-20-15(23)14-4-2-3-12(14)9-19/h5-8,12,14H,2-4,9-10,19H2,1H3,(H,20,23)(H2,21,22,24,25)/t12-,14-,18?/m1/s1. The van der Waals surface area contributed by atoms with Crippen molar-refractivity contribution in [3.8, 4) is 0 Å². The molecule has 1 aliphatic heterocycles. The van der Waals surface area contributed by atoms with E-state index in [0.29, 0.717) is 18.7 Å². The van der Waals surface area contributed by atoms with E-state index in [1.54, 1.807) is 19.1 Å². The first-order valence-electron chi connectivity index (χ1n) is 8.65. The Morgan fingerprint density at radius 1 is 1.28 bits per heavy atom. The minimum Gasteiger partial charge on any atom is -0.352 e. The van der Waals surface area contributed by atoms with Crippen molar-refractivity contribution in [2.45, 2.75) is 38.3 Å². The van der Waals surface area contributed by atoms with Gasteiger partial charge in [0.1, 0.15) is 5.54 Å². The van der Waals surface area contributed by atoms with Gasteiger partial charge in [-0.3, -0.25) is 14.9 Å². The van der Waals surface area contributed by atoms with Crippen LogP contribution in [0.3, 0.4) is 0 Å². The molecule has 1 aromatic carbocycles. The largest absolute Gasteiger partial charge is 0.352 e. The van der Waals surface area contributed by atoms with Gasteiger partial charge in [-0.2, -0.15) is 0 Å². The topological polar surface area (TPSA) is 113 Å². The fraction of sp³-hybridized carbons (Fsp3) is 0.500. The lowest BCUT2D eigenvalue weighted by molar-refractivity contribution is -0.126. The lowest BCUT2D eigenvalue weighted by Crippen LogP contribution is -2.40. The van der Waals surface area contributed by atoms with Crippen LogP contribution in [0.4, 0.5) is 4.79 Å². The maximum Gasteiger partial charge on any atom is 0.322 e. The molecule has 1 unspecified atom stereocenters. The minimum absolute atomic E-state index is 0.0144. The first kappa shape index (κ1) is 17.4. The molecule has 2 fully saturated rings. The molecule has 3 atom stereocenters. The lowest BCUT2D eigenvalue weighted by Gasteiger charge is -2.21. The molecule has 1 aromatic rings. The number of nitrogens with two attached hydrogens (primary N) is 1. The molecule has 1 aliphatic carbocycles. The van der Waals surface area contributed by atoms with Gasteiger partial charge in [-0.1, -0.05) is 30.7 Å². The van der Waals surface area contributed by atoms with Crippen molar-refractivity contribution < 1.29 is 14.4 Å². The van der Waals surface area contributed by atoms with Crippen LogP contribution in [-0.4, -0.2) is 24.4 Å². The number of benzene rings is 1. The third-order valence-electron chi connectivity index (χ3n) is 5.34. The maximum atomic E-state index is 12.3. The van der Waals surface area contributed by atoms with Crippen molar-refractivity contribution in [2.75, 3.05) is 6.54 Å². The molecular weight excluding hydrogens is 320 g/mol. The molecular formula is C18H24N4O3. The van der Waals surface area contributed by atoms with E-state index in [1.165, 1.54) is 0 Å². The second-order valence-corrected chi connectivity index (χ2v) is 6.98. The van der Waals surface area contributed by atoms with Crippen LogP contribution in [0.5, 0.6) is 0 Å². The molecule has 3 rings (SSSR count). The number of urea groups is 1. The summed E-state index contributed by atoms with van der Waals surface area (Å²) in [4.78, 5) is 35.6. The van der Waals surface area contributed by atoms with E-state index in [2.05, 4.69) is 16.0 Å². The van der Waals surface area contributed by atoms with Crippen molar-refractivity contribution in [3.63, 3.8) is 0 Å². The number of nitrogens with one attached hydrogen (secondary N) is 3. The van der Waals surface area contributed by atoms with E-state index in [4.69, 9.17) is 5.73 Å². The summed E-state index contributed by atoms with van der Waals surface area (Å²) in [5.41, 5.74) is 6.31. The lowest BCUT2D eigenvalue weighted by atomic mass is 9.91. The molecule has 134 valence electrons. The second kappa shape index (κ2) is 6.84. The Bertz CT molecular complexity index is 688. The van der Waals surface area contributed by atoms with E-state index in [1.807, 2.05) is 12.1 Å². The van der Waals surface area contributed by atoms with Gasteiger partial charge in [0.2, 0.25) is 5.91 Å². The zero-order chi connectivity index (χ0) is 18.0. The van der Waals surface area contributed by atoms with Crippen LogP contribution in [0.1, 0.15) is 37.3 Å². The maximum absolute atomic E-state index is 12.3. The van der Waals surface area contributed by atoms with Crippen molar-refractivity contribution in [1.82, 2.24) is 16.0 Å². The van der Waals surface area contributed by atoms with Gasteiger partial charge >= 0.3 is 6.03 Å². The highest BCUT2D eigenvalue weighted by atomic mass is 16.2. The molecule has 2 aliphatic rings. The summed E-state index contributed by atoms with van der Waals surface area (Å²) in [6.07, 6.45) is 2.98. The Hall–Kier alpha value is -2.41. The Morgan fingerprint density at radius 2 is 2.00 bits per heavy atom. The average molecular weight is 344 g/mol. The Kier molecular flexibility index (Phi) is 4.76. The normalized spacial score (nSPS) is 28.6. The average Bonchev–Trinajstić information content (AvgIpc) is 3.18. The first-order chi connectivity index (χ1) is 11.9. The highest BCUT2D eigenvalue weighted by Gasteiger charge is 2.43. The Morgan fingerprint density at radius 3 is 2.60 bits per heavy atom. The van der Waals surface area contributed by atoms with Gasteiger partial charge in [-0.25, -0.2) is 4.79 Å². The van der Waals surface area contributed by atoms with Gasteiger partial charge in [-0.05, 0) is 43.4 Å². The zero-order valence-corrected chi connectivity index (χ0v) is 14.3. The Balaban J connectivity index is 1.61. The van der Waals surface area contributed by atoms with Crippen LogP contribution >= 0.6 is 0 Å². The smallest absolute Gasteiger partial charge is 0.322 e. The number of hydrogen-bond donors (Lipinski definition) is 4. The van der Waals surface area contributed by atoms with Crippen molar-refractivity contribution in [1.29, 1.82) is 0 Å². The van der Waals surface area contributed by atoms with Gasteiger partial charge in [0.15, 0.2) is 0 Å². The van der Waals surface area contributed by atoms with Crippen molar-refractivity contribution in [3.05, 3.63) is 35.4 Å². The van der Waals surface area contributed by atoms with Crippen LogP contribution in [0, 0.1) is 11.8 Å². The summed E-state index contributed by atoms with van der Waals surface area (Å²) in [7, 11) is 0. The van der Waals surface area contributed by atoms with Gasteiger partial charge in [-0.15, -0.1) is 0 Å². The number of carbonyl (C=O) groups excluding carboxylic acids is 3. The first-order valence-corrected chi connectivity index (χ1v) is 8.65. The molecule has 1 heterocycles. The third-order valence-corrected chi connectivity index (χ3v) is 5.34. The van der Waals surface area contributed by atoms with Crippen LogP contribution in [0.25, 0.3) is 0 Å². The molecule has 5 N–H and O–H groups in total. The van der Waals surface area contributed by atoms with E-state index >= 15 is 0 Å². The van der Waals surface area contributed by atoms with Crippen molar-refractivity contribution >= 4 is 17.8 Å². The Labute approximate surface area is 146 Å². The number of hydrogen-bond acceptors (Lipinski definition) is 4. The summed E-state index contributed by atoms with van der Waals surface area (Å²) in [5.74, 6) is -0.00793. The third kappa shape index (κ3) is 3.37. The van der Waals surface area contributed by atoms with E-state index in [9.17, 15) is 14.4 Å². The van der Waals surface area contributed by atoms with Crippen LogP contribution < -0.4 is 21.7 Å². The number of imide groups is 1. The van der Waals surface area contributed by atoms with Crippen LogP contribution in [-0.2, 0) is 21.7 Å². The number of rotatable bonds is 5. The monoisotopic (exact) mass is 344 g/mol. The molecule has 4 amide bonds. The molecule has 0 aromatic heterocycles. The minimum atomic E-state index is -1.06. The summed E-state index contributed by atoms with van der Waals surface area (Å²) in [6.45, 7) is 2.65.